The first kappa shape index (κ1) is 11.6. The average Bonchev–Trinajstić information content (AvgIpc) is 2.97. The third-order valence-corrected chi connectivity index (χ3v) is 3.16. The lowest BCUT2D eigenvalue weighted by Crippen LogP contribution is -2.00. The Hall–Kier alpha value is -2.49. The minimum atomic E-state index is -0.852. The average molecular weight is 255 g/mol. The van der Waals surface area contributed by atoms with Gasteiger partial charge in [0.25, 0.3) is 0 Å². The van der Waals surface area contributed by atoms with Crippen molar-refractivity contribution in [3.63, 3.8) is 0 Å². The van der Waals surface area contributed by atoms with Gasteiger partial charge in [-0.2, -0.15) is 0 Å². The fourth-order valence-electron chi connectivity index (χ4n) is 2.33. The van der Waals surface area contributed by atoms with Crippen LogP contribution >= 0.6 is 0 Å². The summed E-state index contributed by atoms with van der Waals surface area (Å²) in [6.45, 7) is 1.99. The van der Waals surface area contributed by atoms with E-state index in [4.69, 9.17) is 9.52 Å². The summed E-state index contributed by atoms with van der Waals surface area (Å²) in [5, 5.41) is 10.0. The highest BCUT2D eigenvalue weighted by atomic mass is 16.4. The topological polar surface area (TPSA) is 66.2 Å². The van der Waals surface area contributed by atoms with Crippen molar-refractivity contribution in [2.45, 2.75) is 13.3 Å². The summed E-state index contributed by atoms with van der Waals surface area (Å²) in [4.78, 5) is 14.3. The van der Waals surface area contributed by atoms with Crippen LogP contribution in [0.1, 0.15) is 11.1 Å². The van der Waals surface area contributed by atoms with Crippen LogP contribution in [-0.2, 0) is 11.2 Å². The molecule has 0 atom stereocenters. The van der Waals surface area contributed by atoms with E-state index < -0.39 is 5.97 Å². The lowest BCUT2D eigenvalue weighted by atomic mass is 10.0. The SMILES string of the molecule is Cc1ccc2[nH]c(-c3ccco3)c(CC(=O)O)c2c1. The van der Waals surface area contributed by atoms with E-state index in [9.17, 15) is 4.79 Å². The number of rotatable bonds is 3. The van der Waals surface area contributed by atoms with Gasteiger partial charge in [-0.25, -0.2) is 0 Å². The number of aromatic amines is 1. The Kier molecular flexibility index (Phi) is 2.63. The number of aromatic nitrogens is 1. The Labute approximate surface area is 109 Å². The second-order valence-corrected chi connectivity index (χ2v) is 4.58. The maximum atomic E-state index is 11.1. The molecule has 0 fully saturated rings. The van der Waals surface area contributed by atoms with E-state index in [0.717, 1.165) is 27.7 Å². The summed E-state index contributed by atoms with van der Waals surface area (Å²) in [6, 6.07) is 9.56. The van der Waals surface area contributed by atoms with Crippen molar-refractivity contribution < 1.29 is 14.3 Å². The molecule has 0 radical (unpaired) electrons. The molecule has 19 heavy (non-hydrogen) atoms. The van der Waals surface area contributed by atoms with Crippen LogP contribution in [0.2, 0.25) is 0 Å². The van der Waals surface area contributed by atoms with Crippen molar-refractivity contribution in [2.75, 3.05) is 0 Å². The van der Waals surface area contributed by atoms with Crippen LogP contribution in [-0.4, -0.2) is 16.1 Å². The molecule has 0 aliphatic carbocycles. The van der Waals surface area contributed by atoms with Gasteiger partial charge in [0.15, 0.2) is 0 Å². The molecule has 0 aliphatic rings. The van der Waals surface area contributed by atoms with Crippen molar-refractivity contribution in [3.8, 4) is 11.5 Å². The molecule has 3 rings (SSSR count). The molecule has 0 saturated heterocycles. The van der Waals surface area contributed by atoms with Gasteiger partial charge in [-0.1, -0.05) is 11.6 Å². The molecule has 96 valence electrons. The van der Waals surface area contributed by atoms with Gasteiger partial charge in [0.05, 0.1) is 18.4 Å². The summed E-state index contributed by atoms with van der Waals surface area (Å²) < 4.78 is 5.38. The summed E-state index contributed by atoms with van der Waals surface area (Å²) >= 11 is 0. The van der Waals surface area contributed by atoms with E-state index in [-0.39, 0.29) is 6.42 Å². The van der Waals surface area contributed by atoms with Crippen LogP contribution in [0.15, 0.2) is 41.0 Å². The number of fused-ring (bicyclic) bond motifs is 1. The molecule has 4 heteroatoms. The Morgan fingerprint density at radius 1 is 1.37 bits per heavy atom. The molecular formula is C15H13NO3. The third kappa shape index (κ3) is 2.01. The summed E-state index contributed by atoms with van der Waals surface area (Å²) in [7, 11) is 0. The number of benzene rings is 1. The smallest absolute Gasteiger partial charge is 0.307 e. The predicted molar refractivity (Wildman–Crippen MR) is 72.1 cm³/mol. The normalized spacial score (nSPS) is 11.0. The van der Waals surface area contributed by atoms with Crippen LogP contribution in [0.3, 0.4) is 0 Å². The van der Waals surface area contributed by atoms with E-state index in [2.05, 4.69) is 4.98 Å². The van der Waals surface area contributed by atoms with Crippen LogP contribution < -0.4 is 0 Å². The summed E-state index contributed by atoms with van der Waals surface area (Å²) in [5.41, 5.74) is 3.53. The molecule has 2 heterocycles. The minimum Gasteiger partial charge on any atom is -0.481 e. The highest BCUT2D eigenvalue weighted by Gasteiger charge is 2.17. The molecule has 3 aromatic rings. The number of hydrogen-bond acceptors (Lipinski definition) is 2. The highest BCUT2D eigenvalue weighted by Crippen LogP contribution is 2.31. The van der Waals surface area contributed by atoms with Gasteiger partial charge in [0, 0.05) is 10.9 Å². The molecule has 2 aromatic heterocycles. The first-order chi connectivity index (χ1) is 9.15. The fraction of sp³-hybridized carbons (Fsp3) is 0.133. The molecule has 0 bridgehead atoms. The molecule has 0 unspecified atom stereocenters. The van der Waals surface area contributed by atoms with Crippen molar-refractivity contribution in [2.24, 2.45) is 0 Å². The zero-order chi connectivity index (χ0) is 13.4. The maximum absolute atomic E-state index is 11.1. The number of carboxylic acid groups (broad SMARTS) is 1. The lowest BCUT2D eigenvalue weighted by Gasteiger charge is -1.99. The van der Waals surface area contributed by atoms with Crippen molar-refractivity contribution in [1.29, 1.82) is 0 Å². The van der Waals surface area contributed by atoms with Crippen LogP contribution in [0, 0.1) is 6.92 Å². The largest absolute Gasteiger partial charge is 0.481 e. The van der Waals surface area contributed by atoms with Gasteiger partial charge in [0.2, 0.25) is 0 Å². The van der Waals surface area contributed by atoms with Crippen LogP contribution in [0.5, 0.6) is 0 Å². The van der Waals surface area contributed by atoms with Crippen molar-refractivity contribution in [1.82, 2.24) is 4.98 Å². The zero-order valence-corrected chi connectivity index (χ0v) is 10.4. The predicted octanol–water partition coefficient (Wildman–Crippen LogP) is 3.36. The second kappa shape index (κ2) is 4.31. The molecule has 0 aliphatic heterocycles. The molecule has 4 nitrogen and oxygen atoms in total. The first-order valence-corrected chi connectivity index (χ1v) is 6.02. The van der Waals surface area contributed by atoms with E-state index in [1.807, 2.05) is 31.2 Å². The Morgan fingerprint density at radius 2 is 2.21 bits per heavy atom. The van der Waals surface area contributed by atoms with Gasteiger partial charge in [-0.05, 0) is 36.8 Å². The number of nitrogens with one attached hydrogen (secondary N) is 1. The highest BCUT2D eigenvalue weighted by molar-refractivity contribution is 5.93. The number of carboxylic acids is 1. The van der Waals surface area contributed by atoms with Crippen molar-refractivity contribution in [3.05, 3.63) is 47.7 Å². The van der Waals surface area contributed by atoms with Crippen molar-refractivity contribution >= 4 is 16.9 Å². The van der Waals surface area contributed by atoms with Gasteiger partial charge in [-0.3, -0.25) is 4.79 Å². The molecular weight excluding hydrogens is 242 g/mol. The lowest BCUT2D eigenvalue weighted by molar-refractivity contribution is -0.136. The molecule has 2 N–H and O–H groups in total. The van der Waals surface area contributed by atoms with Crippen LogP contribution in [0.25, 0.3) is 22.4 Å². The van der Waals surface area contributed by atoms with E-state index in [0.29, 0.717) is 5.76 Å². The Morgan fingerprint density at radius 3 is 2.89 bits per heavy atom. The second-order valence-electron chi connectivity index (χ2n) is 4.58. The van der Waals surface area contributed by atoms with Gasteiger partial charge >= 0.3 is 5.97 Å². The maximum Gasteiger partial charge on any atom is 0.307 e. The molecule has 0 amide bonds. The van der Waals surface area contributed by atoms with Gasteiger partial charge in [0.1, 0.15) is 5.76 Å². The van der Waals surface area contributed by atoms with Gasteiger partial charge in [-0.15, -0.1) is 0 Å². The summed E-state index contributed by atoms with van der Waals surface area (Å²) in [6.07, 6.45) is 1.55. The van der Waals surface area contributed by atoms with E-state index in [1.54, 1.807) is 12.3 Å². The Balaban J connectivity index is 2.28. The minimum absolute atomic E-state index is 0.0283. The third-order valence-electron chi connectivity index (χ3n) is 3.16. The van der Waals surface area contributed by atoms with Crippen LogP contribution in [0.4, 0.5) is 0 Å². The zero-order valence-electron chi connectivity index (χ0n) is 10.4. The number of furan rings is 1. The number of aliphatic carboxylic acids is 1. The monoisotopic (exact) mass is 255 g/mol. The Bertz CT molecular complexity index is 738. The molecule has 0 spiro atoms. The van der Waals surface area contributed by atoms with E-state index in [1.165, 1.54) is 0 Å². The number of aryl methyl sites for hydroxylation is 1. The standard InChI is InChI=1S/C15H13NO3/c1-9-4-5-12-10(7-9)11(8-14(17)18)15(16-12)13-3-2-6-19-13/h2-7,16H,8H2,1H3,(H,17,18). The summed E-state index contributed by atoms with van der Waals surface area (Å²) in [5.74, 6) is -0.194. The number of H-pyrrole nitrogens is 1. The number of hydrogen-bond donors (Lipinski definition) is 2. The fourth-order valence-corrected chi connectivity index (χ4v) is 2.33. The number of carbonyl (C=O) groups is 1. The first-order valence-electron chi connectivity index (χ1n) is 6.02. The molecule has 1 aromatic carbocycles. The van der Waals surface area contributed by atoms with E-state index >= 15 is 0 Å². The quantitative estimate of drug-likeness (QED) is 0.754. The van der Waals surface area contributed by atoms with Gasteiger partial charge < -0.3 is 14.5 Å². The molecule has 0 saturated carbocycles.